The largest absolute Gasteiger partial charge is 0.497 e. The van der Waals surface area contributed by atoms with Crippen molar-refractivity contribution in [2.45, 2.75) is 31.7 Å². The van der Waals surface area contributed by atoms with Crippen LogP contribution in [0.2, 0.25) is 0 Å². The number of hydrogen-bond acceptors (Lipinski definition) is 4. The van der Waals surface area contributed by atoms with Crippen LogP contribution in [0.3, 0.4) is 0 Å². The first-order valence-corrected chi connectivity index (χ1v) is 9.65. The van der Waals surface area contributed by atoms with Crippen LogP contribution in [0.25, 0.3) is 0 Å². The number of likely N-dealkylation sites (tertiary alicyclic amines) is 1. The van der Waals surface area contributed by atoms with Crippen molar-refractivity contribution in [1.29, 1.82) is 0 Å². The van der Waals surface area contributed by atoms with Crippen LogP contribution in [0.4, 0.5) is 0 Å². The van der Waals surface area contributed by atoms with Crippen molar-refractivity contribution in [2.24, 2.45) is 5.10 Å². The number of ether oxygens (including phenoxy) is 1. The highest BCUT2D eigenvalue weighted by molar-refractivity contribution is 6.03. The Hall–Kier alpha value is -2.60. The Morgan fingerprint density at radius 1 is 1.22 bits per heavy atom. The predicted octanol–water partition coefficient (Wildman–Crippen LogP) is 2.03. The van der Waals surface area contributed by atoms with E-state index in [1.807, 2.05) is 36.4 Å². The van der Waals surface area contributed by atoms with Crippen LogP contribution in [-0.2, 0) is 4.79 Å². The smallest absolute Gasteiger partial charge is 0.298 e. The van der Waals surface area contributed by atoms with Crippen molar-refractivity contribution < 1.29 is 18.8 Å². The molecular formula is C21H26N3O3+. The van der Waals surface area contributed by atoms with Gasteiger partial charge in [0.1, 0.15) is 17.6 Å². The van der Waals surface area contributed by atoms with Gasteiger partial charge in [-0.15, -0.1) is 0 Å². The molecule has 1 saturated heterocycles. The van der Waals surface area contributed by atoms with E-state index in [1.165, 1.54) is 24.2 Å². The molecule has 27 heavy (non-hydrogen) atoms. The van der Waals surface area contributed by atoms with Gasteiger partial charge in [0.05, 0.1) is 32.2 Å². The number of carbonyl (C=O) groups is 1. The molecule has 6 heteroatoms. The predicted molar refractivity (Wildman–Crippen MR) is 102 cm³/mol. The number of rotatable bonds is 5. The van der Waals surface area contributed by atoms with Crippen LogP contribution in [-0.4, -0.2) is 43.4 Å². The van der Waals surface area contributed by atoms with Crippen molar-refractivity contribution in [3.63, 3.8) is 0 Å². The zero-order valence-corrected chi connectivity index (χ0v) is 15.7. The average Bonchev–Trinajstić information content (AvgIpc) is 3.38. The number of quaternary nitrogens is 1. The van der Waals surface area contributed by atoms with Crippen molar-refractivity contribution >= 4 is 11.6 Å². The number of nitrogens with one attached hydrogen (secondary N) is 1. The lowest BCUT2D eigenvalue weighted by Crippen LogP contribution is -3.13. The maximum Gasteiger partial charge on any atom is 0.298 e. The van der Waals surface area contributed by atoms with E-state index in [0.29, 0.717) is 13.0 Å². The van der Waals surface area contributed by atoms with Gasteiger partial charge in [0.2, 0.25) is 0 Å². The lowest BCUT2D eigenvalue weighted by Gasteiger charge is -2.26. The molecule has 3 heterocycles. The van der Waals surface area contributed by atoms with Crippen LogP contribution < -0.4 is 9.64 Å². The van der Waals surface area contributed by atoms with Gasteiger partial charge in [-0.05, 0) is 61.2 Å². The Morgan fingerprint density at radius 2 is 2.00 bits per heavy atom. The number of piperidine rings is 1. The fourth-order valence-corrected chi connectivity index (χ4v) is 3.92. The van der Waals surface area contributed by atoms with Gasteiger partial charge in [-0.25, -0.2) is 5.01 Å². The molecule has 0 spiro atoms. The zero-order chi connectivity index (χ0) is 18.6. The summed E-state index contributed by atoms with van der Waals surface area (Å²) in [6.07, 6.45) is 5.98. The number of furan rings is 1. The standard InChI is InChI=1S/C21H25N3O3/c1-26-17-9-7-16(8-10-17)18-14-19(20-6-5-13-27-20)24(22-18)21(25)15-23-11-3-2-4-12-23/h5-10,13,19H,2-4,11-12,14-15H2,1H3/p+1/t19-/m1/s1. The maximum absolute atomic E-state index is 13.0. The molecule has 1 fully saturated rings. The summed E-state index contributed by atoms with van der Waals surface area (Å²) >= 11 is 0. The Balaban J connectivity index is 1.56. The third-order valence-corrected chi connectivity index (χ3v) is 5.42. The van der Waals surface area contributed by atoms with Crippen molar-refractivity contribution in [3.8, 4) is 5.75 Å². The average molecular weight is 368 g/mol. The Labute approximate surface area is 159 Å². The van der Waals surface area contributed by atoms with E-state index in [4.69, 9.17) is 14.3 Å². The Bertz CT molecular complexity index is 793. The van der Waals surface area contributed by atoms with Crippen molar-refractivity contribution in [3.05, 3.63) is 54.0 Å². The molecule has 2 aliphatic rings. The summed E-state index contributed by atoms with van der Waals surface area (Å²) in [6.45, 7) is 2.64. The summed E-state index contributed by atoms with van der Waals surface area (Å²) in [5.74, 6) is 1.66. The fourth-order valence-electron chi connectivity index (χ4n) is 3.92. The first-order chi connectivity index (χ1) is 13.2. The number of methoxy groups -OCH3 is 1. The van der Waals surface area contributed by atoms with E-state index >= 15 is 0 Å². The van der Waals surface area contributed by atoms with Crippen molar-refractivity contribution in [2.75, 3.05) is 26.7 Å². The van der Waals surface area contributed by atoms with Gasteiger partial charge < -0.3 is 14.1 Å². The molecule has 0 saturated carbocycles. The number of carbonyl (C=O) groups excluding carboxylic acids is 1. The van der Waals surface area contributed by atoms with Crippen LogP contribution in [0, 0.1) is 0 Å². The summed E-state index contributed by atoms with van der Waals surface area (Å²) in [4.78, 5) is 14.4. The van der Waals surface area contributed by atoms with Crippen molar-refractivity contribution in [1.82, 2.24) is 5.01 Å². The molecule has 1 aromatic heterocycles. The summed E-state index contributed by atoms with van der Waals surface area (Å²) in [6, 6.07) is 11.4. The molecule has 0 radical (unpaired) electrons. The molecule has 0 aliphatic carbocycles. The topological polar surface area (TPSA) is 59.5 Å². The highest BCUT2D eigenvalue weighted by atomic mass is 16.5. The van der Waals surface area contributed by atoms with E-state index in [1.54, 1.807) is 18.4 Å². The van der Waals surface area contributed by atoms with Gasteiger partial charge in [-0.2, -0.15) is 5.10 Å². The monoisotopic (exact) mass is 368 g/mol. The number of hydrogen-bond donors (Lipinski definition) is 1. The van der Waals surface area contributed by atoms with Gasteiger partial charge in [0, 0.05) is 6.42 Å². The van der Waals surface area contributed by atoms with E-state index in [-0.39, 0.29) is 11.9 Å². The molecule has 0 unspecified atom stereocenters. The lowest BCUT2D eigenvalue weighted by molar-refractivity contribution is -0.897. The molecular weight excluding hydrogens is 342 g/mol. The van der Waals surface area contributed by atoms with E-state index in [9.17, 15) is 4.79 Å². The second-order valence-corrected chi connectivity index (χ2v) is 7.24. The Morgan fingerprint density at radius 3 is 2.67 bits per heavy atom. The molecule has 1 aromatic carbocycles. The number of nitrogens with zero attached hydrogens (tertiary/aromatic N) is 2. The molecule has 6 nitrogen and oxygen atoms in total. The zero-order valence-electron chi connectivity index (χ0n) is 15.7. The molecule has 0 bridgehead atoms. The van der Waals surface area contributed by atoms with E-state index in [0.717, 1.165) is 35.9 Å². The molecule has 2 aromatic rings. The third-order valence-electron chi connectivity index (χ3n) is 5.42. The van der Waals surface area contributed by atoms with Gasteiger partial charge in [-0.1, -0.05) is 0 Å². The number of benzene rings is 1. The summed E-state index contributed by atoms with van der Waals surface area (Å²) in [7, 11) is 1.65. The van der Waals surface area contributed by atoms with E-state index in [2.05, 4.69) is 0 Å². The second-order valence-electron chi connectivity index (χ2n) is 7.24. The third kappa shape index (κ3) is 3.90. The van der Waals surface area contributed by atoms with Crippen LogP contribution in [0.5, 0.6) is 5.75 Å². The van der Waals surface area contributed by atoms with Gasteiger partial charge in [0.15, 0.2) is 6.54 Å². The van der Waals surface area contributed by atoms with Gasteiger partial charge >= 0.3 is 0 Å². The second kappa shape index (κ2) is 7.96. The summed E-state index contributed by atoms with van der Waals surface area (Å²) in [5.41, 5.74) is 1.91. The molecule has 142 valence electrons. The SMILES string of the molecule is COc1ccc(C2=NN(C(=O)C[NH+]3CCCCC3)[C@@H](c3ccco3)C2)cc1. The van der Waals surface area contributed by atoms with Gasteiger partial charge in [-0.3, -0.25) is 4.79 Å². The van der Waals surface area contributed by atoms with E-state index < -0.39 is 0 Å². The van der Waals surface area contributed by atoms with Gasteiger partial charge in [0.25, 0.3) is 5.91 Å². The minimum atomic E-state index is -0.172. The van der Waals surface area contributed by atoms with Crippen LogP contribution in [0.15, 0.2) is 52.2 Å². The highest BCUT2D eigenvalue weighted by Gasteiger charge is 2.36. The maximum atomic E-state index is 13.0. The minimum Gasteiger partial charge on any atom is -0.497 e. The highest BCUT2D eigenvalue weighted by Crippen LogP contribution is 2.33. The Kier molecular flexibility index (Phi) is 5.25. The molecule has 1 atom stereocenters. The quantitative estimate of drug-likeness (QED) is 0.879. The minimum absolute atomic E-state index is 0.0665. The lowest BCUT2D eigenvalue weighted by atomic mass is 10.0. The number of hydrazone groups is 1. The molecule has 2 aliphatic heterocycles. The normalized spacial score (nSPS) is 20.6. The molecule has 4 rings (SSSR count). The first-order valence-electron chi connectivity index (χ1n) is 9.65. The first kappa shape index (κ1) is 17.8. The fraction of sp³-hybridized carbons (Fsp3) is 0.429. The summed E-state index contributed by atoms with van der Waals surface area (Å²) < 4.78 is 10.8. The van der Waals surface area contributed by atoms with Crippen LogP contribution >= 0.6 is 0 Å². The number of amides is 1. The van der Waals surface area contributed by atoms with Crippen LogP contribution in [0.1, 0.15) is 43.0 Å². The summed E-state index contributed by atoms with van der Waals surface area (Å²) in [5, 5.41) is 6.34. The molecule has 1 amide bonds. The molecule has 1 N–H and O–H groups in total.